The molecule has 0 saturated carbocycles. The third kappa shape index (κ3) is 5.17. The molecule has 2 nitrogen and oxygen atoms in total. The highest BCUT2D eigenvalue weighted by atomic mass is 32.2. The van der Waals surface area contributed by atoms with Crippen LogP contribution in [-0.2, 0) is 5.54 Å². The lowest BCUT2D eigenvalue weighted by Crippen LogP contribution is -2.44. The van der Waals surface area contributed by atoms with E-state index in [1.165, 1.54) is 17.7 Å². The molecule has 3 heteroatoms. The second kappa shape index (κ2) is 8.62. The van der Waals surface area contributed by atoms with E-state index in [1.807, 2.05) is 37.0 Å². The number of likely N-dealkylation sites (N-methyl/N-ethyl adjacent to an activating group) is 1. The minimum atomic E-state index is -0.300. The number of aliphatic hydroxyl groups excluding tert-OH is 1. The van der Waals surface area contributed by atoms with Crippen molar-refractivity contribution < 1.29 is 5.11 Å². The first kappa shape index (κ1) is 16.5. The van der Waals surface area contributed by atoms with Gasteiger partial charge in [0.1, 0.15) is 0 Å². The van der Waals surface area contributed by atoms with E-state index in [9.17, 15) is 5.11 Å². The summed E-state index contributed by atoms with van der Waals surface area (Å²) in [4.78, 5) is 0. The van der Waals surface area contributed by atoms with Crippen LogP contribution in [0, 0.1) is 5.92 Å². The summed E-state index contributed by atoms with van der Waals surface area (Å²) in [5.41, 5.74) is 0.871. The Morgan fingerprint density at radius 1 is 1.21 bits per heavy atom. The van der Waals surface area contributed by atoms with Crippen molar-refractivity contribution in [2.45, 2.75) is 32.2 Å². The Labute approximate surface area is 122 Å². The van der Waals surface area contributed by atoms with Crippen LogP contribution in [0.2, 0.25) is 0 Å². The summed E-state index contributed by atoms with van der Waals surface area (Å²) >= 11 is 1.98. The summed E-state index contributed by atoms with van der Waals surface area (Å²) in [5.74, 6) is 3.05. The first-order valence-electron chi connectivity index (χ1n) is 7.07. The Morgan fingerprint density at radius 2 is 1.89 bits per heavy atom. The fraction of sp³-hybridized carbons (Fsp3) is 0.625. The summed E-state index contributed by atoms with van der Waals surface area (Å²) < 4.78 is 0. The number of hydrogen-bond acceptors (Lipinski definition) is 3. The molecular formula is C16H27NOS. The van der Waals surface area contributed by atoms with Crippen LogP contribution < -0.4 is 5.32 Å². The van der Waals surface area contributed by atoms with Crippen LogP contribution in [0.15, 0.2) is 30.3 Å². The average Bonchev–Trinajstić information content (AvgIpc) is 2.44. The fourth-order valence-electron chi connectivity index (χ4n) is 2.09. The molecule has 2 N–H and O–H groups in total. The van der Waals surface area contributed by atoms with Crippen LogP contribution in [0.1, 0.15) is 32.3 Å². The lowest BCUT2D eigenvalue weighted by molar-refractivity contribution is 0.165. The van der Waals surface area contributed by atoms with E-state index in [0.29, 0.717) is 0 Å². The van der Waals surface area contributed by atoms with Gasteiger partial charge in [0.15, 0.2) is 0 Å². The van der Waals surface area contributed by atoms with Crippen molar-refractivity contribution in [1.29, 1.82) is 0 Å². The SMILES string of the molecule is CNC(CO)(CCSCCC(C)C)c1ccccc1. The second-order valence-corrected chi connectivity index (χ2v) is 6.63. The summed E-state index contributed by atoms with van der Waals surface area (Å²) in [6, 6.07) is 10.3. The maximum Gasteiger partial charge on any atom is 0.0674 e. The fourth-order valence-corrected chi connectivity index (χ4v) is 3.42. The van der Waals surface area contributed by atoms with Crippen molar-refractivity contribution in [1.82, 2.24) is 5.32 Å². The average molecular weight is 281 g/mol. The van der Waals surface area contributed by atoms with Crippen LogP contribution in [0.3, 0.4) is 0 Å². The predicted molar refractivity (Wildman–Crippen MR) is 85.7 cm³/mol. The van der Waals surface area contributed by atoms with Gasteiger partial charge >= 0.3 is 0 Å². The Bertz CT molecular complexity index is 336. The smallest absolute Gasteiger partial charge is 0.0674 e. The number of nitrogens with one attached hydrogen (secondary N) is 1. The Kier molecular flexibility index (Phi) is 7.51. The standard InChI is InChI=1S/C16H27NOS/c1-14(2)9-11-19-12-10-16(13-18,17-3)15-7-5-4-6-8-15/h4-8,14,17-18H,9-13H2,1-3H3. The molecule has 0 spiro atoms. The minimum absolute atomic E-state index is 0.137. The molecule has 0 aliphatic carbocycles. The van der Waals surface area contributed by atoms with Gasteiger partial charge in [0, 0.05) is 0 Å². The van der Waals surface area contributed by atoms with E-state index in [-0.39, 0.29) is 12.1 Å². The summed E-state index contributed by atoms with van der Waals surface area (Å²) in [5, 5.41) is 13.1. The molecule has 108 valence electrons. The molecule has 0 heterocycles. The number of hydrogen-bond donors (Lipinski definition) is 2. The van der Waals surface area contributed by atoms with Crippen LogP contribution in [-0.4, -0.2) is 30.3 Å². The van der Waals surface area contributed by atoms with Crippen LogP contribution >= 0.6 is 11.8 Å². The molecule has 1 aromatic carbocycles. The van der Waals surface area contributed by atoms with Crippen LogP contribution in [0.25, 0.3) is 0 Å². The quantitative estimate of drug-likeness (QED) is 0.681. The number of benzene rings is 1. The van der Waals surface area contributed by atoms with Gasteiger partial charge in [-0.05, 0) is 42.9 Å². The molecular weight excluding hydrogens is 254 g/mol. The van der Waals surface area contributed by atoms with Crippen molar-refractivity contribution in [3.8, 4) is 0 Å². The monoisotopic (exact) mass is 281 g/mol. The summed E-state index contributed by atoms with van der Waals surface area (Å²) in [7, 11) is 1.93. The van der Waals surface area contributed by atoms with E-state index in [2.05, 4.69) is 31.3 Å². The number of rotatable bonds is 9. The van der Waals surface area contributed by atoms with Gasteiger partial charge < -0.3 is 10.4 Å². The molecule has 0 aliphatic heterocycles. The van der Waals surface area contributed by atoms with Gasteiger partial charge in [0.2, 0.25) is 0 Å². The molecule has 0 aliphatic rings. The van der Waals surface area contributed by atoms with Crippen LogP contribution in [0.4, 0.5) is 0 Å². The molecule has 1 unspecified atom stereocenters. The van der Waals surface area contributed by atoms with E-state index in [1.54, 1.807) is 0 Å². The molecule has 1 aromatic rings. The lowest BCUT2D eigenvalue weighted by atomic mass is 9.88. The molecule has 19 heavy (non-hydrogen) atoms. The number of aliphatic hydroxyl groups is 1. The predicted octanol–water partition coefficient (Wildman–Crippen LogP) is 3.26. The molecule has 0 fully saturated rings. The van der Waals surface area contributed by atoms with Crippen molar-refractivity contribution in [3.05, 3.63) is 35.9 Å². The minimum Gasteiger partial charge on any atom is -0.394 e. The zero-order valence-corrected chi connectivity index (χ0v) is 13.2. The molecule has 0 bridgehead atoms. The van der Waals surface area contributed by atoms with Gasteiger partial charge in [-0.1, -0.05) is 44.2 Å². The van der Waals surface area contributed by atoms with E-state index in [0.717, 1.165) is 18.1 Å². The lowest BCUT2D eigenvalue weighted by Gasteiger charge is -2.32. The molecule has 0 amide bonds. The highest BCUT2D eigenvalue weighted by molar-refractivity contribution is 7.99. The number of thioether (sulfide) groups is 1. The normalized spacial score (nSPS) is 14.6. The Balaban J connectivity index is 2.53. The topological polar surface area (TPSA) is 32.3 Å². The first-order valence-corrected chi connectivity index (χ1v) is 8.23. The van der Waals surface area contributed by atoms with E-state index >= 15 is 0 Å². The van der Waals surface area contributed by atoms with E-state index < -0.39 is 0 Å². The summed E-state index contributed by atoms with van der Waals surface area (Å²) in [6.07, 6.45) is 2.22. The molecule has 1 atom stereocenters. The molecule has 0 aromatic heterocycles. The molecule has 1 rings (SSSR count). The largest absolute Gasteiger partial charge is 0.394 e. The Morgan fingerprint density at radius 3 is 2.42 bits per heavy atom. The zero-order valence-electron chi connectivity index (χ0n) is 12.4. The third-order valence-electron chi connectivity index (χ3n) is 3.59. The van der Waals surface area contributed by atoms with E-state index in [4.69, 9.17) is 0 Å². The summed E-state index contributed by atoms with van der Waals surface area (Å²) in [6.45, 7) is 4.66. The van der Waals surface area contributed by atoms with Crippen molar-refractivity contribution >= 4 is 11.8 Å². The maximum absolute atomic E-state index is 9.80. The van der Waals surface area contributed by atoms with Gasteiger partial charge in [-0.2, -0.15) is 11.8 Å². The van der Waals surface area contributed by atoms with Crippen molar-refractivity contribution in [2.75, 3.05) is 25.2 Å². The first-order chi connectivity index (χ1) is 9.14. The van der Waals surface area contributed by atoms with Gasteiger partial charge in [-0.25, -0.2) is 0 Å². The second-order valence-electron chi connectivity index (χ2n) is 5.40. The molecule has 0 saturated heterocycles. The van der Waals surface area contributed by atoms with Crippen LogP contribution in [0.5, 0.6) is 0 Å². The van der Waals surface area contributed by atoms with Crippen molar-refractivity contribution in [3.63, 3.8) is 0 Å². The van der Waals surface area contributed by atoms with Gasteiger partial charge in [0.25, 0.3) is 0 Å². The highest BCUT2D eigenvalue weighted by Crippen LogP contribution is 2.26. The van der Waals surface area contributed by atoms with Crippen molar-refractivity contribution in [2.24, 2.45) is 5.92 Å². The van der Waals surface area contributed by atoms with Gasteiger partial charge in [-0.15, -0.1) is 0 Å². The Hall–Kier alpha value is -0.510. The van der Waals surface area contributed by atoms with Gasteiger partial charge in [0.05, 0.1) is 12.1 Å². The zero-order chi connectivity index (χ0) is 14.1. The van der Waals surface area contributed by atoms with Gasteiger partial charge in [-0.3, -0.25) is 0 Å². The molecule has 0 radical (unpaired) electrons. The maximum atomic E-state index is 9.80. The third-order valence-corrected chi connectivity index (χ3v) is 4.60. The highest BCUT2D eigenvalue weighted by Gasteiger charge is 2.28.